The summed E-state index contributed by atoms with van der Waals surface area (Å²) in [5.41, 5.74) is 6.02. The van der Waals surface area contributed by atoms with E-state index in [1.165, 1.54) is 18.2 Å². The first-order valence-corrected chi connectivity index (χ1v) is 7.27. The molecule has 0 fully saturated rings. The van der Waals surface area contributed by atoms with Crippen LogP contribution in [0.1, 0.15) is 27.7 Å². The molecule has 1 aromatic rings. The highest BCUT2D eigenvalue weighted by molar-refractivity contribution is 8.01. The van der Waals surface area contributed by atoms with Crippen molar-refractivity contribution in [3.8, 4) is 0 Å². The number of amides is 1. The zero-order valence-electron chi connectivity index (χ0n) is 11.7. The van der Waals surface area contributed by atoms with E-state index in [1.54, 1.807) is 11.8 Å². The largest absolute Gasteiger partial charge is 0.396 e. The number of nitrogens with two attached hydrogens (primary N) is 1. The molecule has 0 saturated heterocycles. The molecule has 0 aliphatic carbocycles. The van der Waals surface area contributed by atoms with Crippen LogP contribution in [0.4, 0.5) is 15.8 Å². The van der Waals surface area contributed by atoms with Gasteiger partial charge in [0.25, 0.3) is 0 Å². The average Bonchev–Trinajstić information content (AvgIpc) is 2.33. The lowest BCUT2D eigenvalue weighted by Crippen LogP contribution is -2.25. The molecule has 0 bridgehead atoms. The van der Waals surface area contributed by atoms with Gasteiger partial charge < -0.3 is 11.1 Å². The minimum absolute atomic E-state index is 0.0358. The summed E-state index contributed by atoms with van der Waals surface area (Å²) in [6, 6.07) is 4.18. The van der Waals surface area contributed by atoms with Crippen molar-refractivity contribution >= 4 is 29.0 Å². The van der Waals surface area contributed by atoms with Gasteiger partial charge in [-0.3, -0.25) is 4.79 Å². The van der Waals surface area contributed by atoms with Gasteiger partial charge in [0.15, 0.2) is 0 Å². The van der Waals surface area contributed by atoms with Crippen molar-refractivity contribution < 1.29 is 9.18 Å². The summed E-state index contributed by atoms with van der Waals surface area (Å²) >= 11 is 1.62. The summed E-state index contributed by atoms with van der Waals surface area (Å²) in [5.74, 6) is -0.0564. The van der Waals surface area contributed by atoms with E-state index in [-0.39, 0.29) is 16.8 Å². The minimum Gasteiger partial charge on any atom is -0.396 e. The Morgan fingerprint density at radius 2 is 1.95 bits per heavy atom. The van der Waals surface area contributed by atoms with Gasteiger partial charge in [0.1, 0.15) is 5.82 Å². The minimum atomic E-state index is -0.478. The SMILES string of the molecule is CC(SC(C)C(C)C)C(=O)Nc1ccc(F)c(N)c1. The molecule has 3 N–H and O–H groups in total. The number of nitrogens with one attached hydrogen (secondary N) is 1. The summed E-state index contributed by atoms with van der Waals surface area (Å²) in [7, 11) is 0. The van der Waals surface area contributed by atoms with Crippen molar-refractivity contribution in [1.29, 1.82) is 0 Å². The number of nitrogen functional groups attached to an aromatic ring is 1. The van der Waals surface area contributed by atoms with Crippen LogP contribution in [0.15, 0.2) is 18.2 Å². The number of carbonyl (C=O) groups excluding carboxylic acids is 1. The van der Waals surface area contributed by atoms with E-state index in [2.05, 4.69) is 26.1 Å². The number of carbonyl (C=O) groups is 1. The Hall–Kier alpha value is -1.23. The molecule has 0 aliphatic heterocycles. The molecule has 0 aliphatic rings. The Labute approximate surface area is 118 Å². The zero-order chi connectivity index (χ0) is 14.6. The van der Waals surface area contributed by atoms with Crippen LogP contribution in [0.25, 0.3) is 0 Å². The second-order valence-electron chi connectivity index (χ2n) is 4.95. The van der Waals surface area contributed by atoms with E-state index in [0.717, 1.165) is 0 Å². The Morgan fingerprint density at radius 1 is 1.32 bits per heavy atom. The van der Waals surface area contributed by atoms with Crippen LogP contribution < -0.4 is 11.1 Å². The van der Waals surface area contributed by atoms with Gasteiger partial charge >= 0.3 is 0 Å². The molecular weight excluding hydrogens is 263 g/mol. The van der Waals surface area contributed by atoms with E-state index < -0.39 is 5.82 Å². The Kier molecular flexibility index (Phi) is 5.66. The van der Waals surface area contributed by atoms with E-state index in [4.69, 9.17) is 5.73 Å². The summed E-state index contributed by atoms with van der Waals surface area (Å²) in [4.78, 5) is 12.0. The maximum Gasteiger partial charge on any atom is 0.237 e. The number of hydrogen-bond acceptors (Lipinski definition) is 3. The first kappa shape index (κ1) is 15.8. The number of anilines is 2. The second-order valence-corrected chi connectivity index (χ2v) is 6.68. The van der Waals surface area contributed by atoms with Gasteiger partial charge in [-0.15, -0.1) is 11.8 Å². The lowest BCUT2D eigenvalue weighted by molar-refractivity contribution is -0.115. The highest BCUT2D eigenvalue weighted by Crippen LogP contribution is 2.25. The van der Waals surface area contributed by atoms with Crippen molar-refractivity contribution in [2.45, 2.75) is 38.2 Å². The summed E-state index contributed by atoms with van der Waals surface area (Å²) in [6.45, 7) is 8.23. The van der Waals surface area contributed by atoms with Gasteiger partial charge in [0.2, 0.25) is 5.91 Å². The van der Waals surface area contributed by atoms with Crippen molar-refractivity contribution in [2.24, 2.45) is 5.92 Å². The predicted octanol–water partition coefficient (Wildman–Crippen LogP) is 3.51. The number of benzene rings is 1. The van der Waals surface area contributed by atoms with Crippen LogP contribution in [0.2, 0.25) is 0 Å². The normalized spacial score (nSPS) is 14.2. The van der Waals surface area contributed by atoms with E-state index in [1.807, 2.05) is 6.92 Å². The van der Waals surface area contributed by atoms with Crippen LogP contribution in [0, 0.1) is 11.7 Å². The van der Waals surface area contributed by atoms with Gasteiger partial charge in [-0.2, -0.15) is 0 Å². The lowest BCUT2D eigenvalue weighted by Gasteiger charge is -2.19. The van der Waals surface area contributed by atoms with E-state index >= 15 is 0 Å². The monoisotopic (exact) mass is 284 g/mol. The molecule has 3 nitrogen and oxygen atoms in total. The molecule has 2 unspecified atom stereocenters. The fourth-order valence-corrected chi connectivity index (χ4v) is 2.55. The molecule has 0 heterocycles. The molecule has 0 radical (unpaired) electrons. The van der Waals surface area contributed by atoms with Crippen LogP contribution in [0.3, 0.4) is 0 Å². The number of halogens is 1. The maximum absolute atomic E-state index is 13.0. The van der Waals surface area contributed by atoms with Crippen LogP contribution in [0.5, 0.6) is 0 Å². The Balaban J connectivity index is 2.61. The van der Waals surface area contributed by atoms with Crippen LogP contribution >= 0.6 is 11.8 Å². The molecule has 0 saturated carbocycles. The quantitative estimate of drug-likeness (QED) is 0.813. The Morgan fingerprint density at radius 3 is 2.47 bits per heavy atom. The van der Waals surface area contributed by atoms with Crippen molar-refractivity contribution in [2.75, 3.05) is 11.1 Å². The molecule has 2 atom stereocenters. The average molecular weight is 284 g/mol. The summed E-state index contributed by atoms with van der Waals surface area (Å²) in [6.07, 6.45) is 0. The van der Waals surface area contributed by atoms with Gasteiger partial charge in [-0.05, 0) is 31.0 Å². The topological polar surface area (TPSA) is 55.1 Å². The molecule has 0 spiro atoms. The van der Waals surface area contributed by atoms with Crippen molar-refractivity contribution in [3.05, 3.63) is 24.0 Å². The smallest absolute Gasteiger partial charge is 0.237 e. The van der Waals surface area contributed by atoms with Gasteiger partial charge in [0.05, 0.1) is 10.9 Å². The molecule has 1 amide bonds. The van der Waals surface area contributed by atoms with Gasteiger partial charge in [-0.1, -0.05) is 20.8 Å². The fraction of sp³-hybridized carbons (Fsp3) is 0.500. The van der Waals surface area contributed by atoms with Crippen molar-refractivity contribution in [1.82, 2.24) is 0 Å². The fourth-order valence-electron chi connectivity index (χ4n) is 1.41. The van der Waals surface area contributed by atoms with Crippen molar-refractivity contribution in [3.63, 3.8) is 0 Å². The number of hydrogen-bond donors (Lipinski definition) is 2. The zero-order valence-corrected chi connectivity index (χ0v) is 12.6. The highest BCUT2D eigenvalue weighted by atomic mass is 32.2. The summed E-state index contributed by atoms with van der Waals surface area (Å²) in [5, 5.41) is 2.99. The summed E-state index contributed by atoms with van der Waals surface area (Å²) < 4.78 is 13.0. The van der Waals surface area contributed by atoms with Gasteiger partial charge in [0, 0.05) is 10.9 Å². The first-order chi connectivity index (χ1) is 8.81. The molecule has 0 aromatic heterocycles. The molecule has 106 valence electrons. The third kappa shape index (κ3) is 4.74. The van der Waals surface area contributed by atoms with Crippen LogP contribution in [-0.2, 0) is 4.79 Å². The standard InChI is InChI=1S/C14H21FN2OS/c1-8(2)9(3)19-10(4)14(18)17-11-5-6-12(15)13(16)7-11/h5-10H,16H2,1-4H3,(H,17,18). The second kappa shape index (κ2) is 6.80. The van der Waals surface area contributed by atoms with E-state index in [0.29, 0.717) is 16.9 Å². The van der Waals surface area contributed by atoms with E-state index in [9.17, 15) is 9.18 Å². The molecule has 5 heteroatoms. The molecular formula is C14H21FN2OS. The first-order valence-electron chi connectivity index (χ1n) is 6.32. The molecule has 1 aromatic carbocycles. The third-order valence-electron chi connectivity index (χ3n) is 2.99. The molecule has 1 rings (SSSR count). The third-order valence-corrected chi connectivity index (χ3v) is 4.59. The Bertz CT molecular complexity index is 451. The van der Waals surface area contributed by atoms with Crippen LogP contribution in [-0.4, -0.2) is 16.4 Å². The highest BCUT2D eigenvalue weighted by Gasteiger charge is 2.19. The number of thioether (sulfide) groups is 1. The maximum atomic E-state index is 13.0. The number of rotatable bonds is 5. The van der Waals surface area contributed by atoms with Gasteiger partial charge in [-0.25, -0.2) is 4.39 Å². The molecule has 19 heavy (non-hydrogen) atoms. The predicted molar refractivity (Wildman–Crippen MR) is 80.8 cm³/mol. The lowest BCUT2D eigenvalue weighted by atomic mass is 10.2.